The van der Waals surface area contributed by atoms with E-state index >= 15 is 0 Å². The van der Waals surface area contributed by atoms with Crippen molar-refractivity contribution in [3.8, 4) is 0 Å². The van der Waals surface area contributed by atoms with Crippen molar-refractivity contribution in [3.05, 3.63) is 63.7 Å². The number of aliphatic imine (C=N–C) groups is 1. The Labute approximate surface area is 138 Å². The van der Waals surface area contributed by atoms with E-state index in [2.05, 4.69) is 48.9 Å². The molecule has 0 aromatic heterocycles. The molecule has 2 nitrogen and oxygen atoms in total. The van der Waals surface area contributed by atoms with E-state index in [1.807, 2.05) is 31.6 Å². The number of rotatable bonds is 5. The molecule has 22 heavy (non-hydrogen) atoms. The van der Waals surface area contributed by atoms with E-state index in [9.17, 15) is 0 Å². The van der Waals surface area contributed by atoms with E-state index in [-0.39, 0.29) is 0 Å². The minimum atomic E-state index is 0.825. The second-order valence-electron chi connectivity index (χ2n) is 5.65. The zero-order valence-electron chi connectivity index (χ0n) is 13.7. The summed E-state index contributed by atoms with van der Waals surface area (Å²) >= 11 is 6.27. The number of halogens is 1. The maximum Gasteiger partial charge on any atom is 0.0909 e. The standard InChI is InChI=1S/C19H23ClN2/c1-5-22(4)13-21-19-11-14(2)17(10-15(19)3)12-16-8-6-7-9-18(16)20/h6-11,13H,5,12H2,1-4H3. The highest BCUT2D eigenvalue weighted by Crippen LogP contribution is 2.26. The van der Waals surface area contributed by atoms with Gasteiger partial charge in [0.1, 0.15) is 0 Å². The summed E-state index contributed by atoms with van der Waals surface area (Å²) in [6.45, 7) is 7.30. The third kappa shape index (κ3) is 4.11. The molecule has 2 rings (SSSR count). The summed E-state index contributed by atoms with van der Waals surface area (Å²) in [6.07, 6.45) is 2.74. The van der Waals surface area contributed by atoms with Crippen molar-refractivity contribution in [2.45, 2.75) is 27.2 Å². The van der Waals surface area contributed by atoms with E-state index in [1.165, 1.54) is 16.7 Å². The Morgan fingerprint density at radius 2 is 1.82 bits per heavy atom. The van der Waals surface area contributed by atoms with Crippen molar-refractivity contribution in [2.75, 3.05) is 13.6 Å². The van der Waals surface area contributed by atoms with Gasteiger partial charge in [-0.25, -0.2) is 4.99 Å². The molecule has 2 aromatic rings. The van der Waals surface area contributed by atoms with Crippen LogP contribution in [-0.2, 0) is 6.42 Å². The van der Waals surface area contributed by atoms with Gasteiger partial charge in [-0.2, -0.15) is 0 Å². The normalized spacial score (nSPS) is 11.1. The highest BCUT2D eigenvalue weighted by Gasteiger charge is 2.07. The van der Waals surface area contributed by atoms with E-state index < -0.39 is 0 Å². The van der Waals surface area contributed by atoms with Crippen molar-refractivity contribution in [1.82, 2.24) is 4.90 Å². The Kier molecular flexibility index (Phi) is 5.62. The Bertz CT molecular complexity index is 677. The van der Waals surface area contributed by atoms with Crippen molar-refractivity contribution < 1.29 is 0 Å². The second kappa shape index (κ2) is 7.46. The molecule has 0 atom stereocenters. The highest BCUT2D eigenvalue weighted by atomic mass is 35.5. The first kappa shape index (κ1) is 16.6. The molecule has 2 aromatic carbocycles. The number of nitrogens with zero attached hydrogens (tertiary/aromatic N) is 2. The molecule has 0 amide bonds. The summed E-state index contributed by atoms with van der Waals surface area (Å²) < 4.78 is 0. The predicted octanol–water partition coefficient (Wildman–Crippen LogP) is 5.16. The van der Waals surface area contributed by atoms with Crippen LogP contribution in [0, 0.1) is 13.8 Å². The zero-order chi connectivity index (χ0) is 16.1. The van der Waals surface area contributed by atoms with E-state index in [1.54, 1.807) is 0 Å². The second-order valence-corrected chi connectivity index (χ2v) is 6.06. The maximum atomic E-state index is 6.27. The van der Waals surface area contributed by atoms with Crippen LogP contribution in [0.1, 0.15) is 29.2 Å². The Morgan fingerprint density at radius 1 is 1.09 bits per heavy atom. The Balaban J connectivity index is 2.27. The molecule has 0 heterocycles. The molecule has 0 aliphatic heterocycles. The fourth-order valence-corrected chi connectivity index (χ4v) is 2.48. The number of hydrogen-bond donors (Lipinski definition) is 0. The summed E-state index contributed by atoms with van der Waals surface area (Å²) in [4.78, 5) is 6.64. The van der Waals surface area contributed by atoms with Crippen LogP contribution in [0.15, 0.2) is 41.4 Å². The van der Waals surface area contributed by atoms with Crippen LogP contribution in [0.3, 0.4) is 0 Å². The molecule has 0 radical (unpaired) electrons. The van der Waals surface area contributed by atoms with Crippen molar-refractivity contribution in [1.29, 1.82) is 0 Å². The third-order valence-electron chi connectivity index (χ3n) is 3.89. The topological polar surface area (TPSA) is 15.6 Å². The van der Waals surface area contributed by atoms with Crippen molar-refractivity contribution >= 4 is 23.6 Å². The van der Waals surface area contributed by atoms with Gasteiger partial charge in [-0.15, -0.1) is 0 Å². The van der Waals surface area contributed by atoms with Crippen LogP contribution < -0.4 is 0 Å². The summed E-state index contributed by atoms with van der Waals surface area (Å²) in [5.74, 6) is 0. The summed E-state index contributed by atoms with van der Waals surface area (Å²) in [5, 5.41) is 0.825. The lowest BCUT2D eigenvalue weighted by Gasteiger charge is -2.12. The lowest BCUT2D eigenvalue weighted by Crippen LogP contribution is -2.14. The molecule has 0 unspecified atom stereocenters. The Hall–Kier alpha value is -1.80. The molecule has 0 bridgehead atoms. The van der Waals surface area contributed by atoms with Gasteiger partial charge in [-0.1, -0.05) is 35.9 Å². The van der Waals surface area contributed by atoms with Gasteiger partial charge in [0, 0.05) is 18.6 Å². The van der Waals surface area contributed by atoms with Gasteiger partial charge < -0.3 is 4.90 Å². The van der Waals surface area contributed by atoms with Gasteiger partial charge in [0.25, 0.3) is 0 Å². The molecule has 0 aliphatic carbocycles. The molecule has 0 N–H and O–H groups in total. The van der Waals surface area contributed by atoms with Gasteiger partial charge in [0.15, 0.2) is 0 Å². The van der Waals surface area contributed by atoms with Crippen LogP contribution in [0.2, 0.25) is 5.02 Å². The molecule has 116 valence electrons. The molecular weight excluding hydrogens is 292 g/mol. The van der Waals surface area contributed by atoms with Crippen molar-refractivity contribution in [3.63, 3.8) is 0 Å². The molecule has 0 aliphatic rings. The lowest BCUT2D eigenvalue weighted by atomic mass is 9.97. The quantitative estimate of drug-likeness (QED) is 0.550. The van der Waals surface area contributed by atoms with Gasteiger partial charge in [0.05, 0.1) is 12.0 Å². The lowest BCUT2D eigenvalue weighted by molar-refractivity contribution is 0.552. The highest BCUT2D eigenvalue weighted by molar-refractivity contribution is 6.31. The average molecular weight is 315 g/mol. The van der Waals surface area contributed by atoms with Gasteiger partial charge >= 0.3 is 0 Å². The van der Waals surface area contributed by atoms with Crippen LogP contribution in [0.25, 0.3) is 0 Å². The molecule has 0 saturated heterocycles. The minimum absolute atomic E-state index is 0.825. The fraction of sp³-hybridized carbons (Fsp3) is 0.316. The fourth-order valence-electron chi connectivity index (χ4n) is 2.28. The van der Waals surface area contributed by atoms with Crippen LogP contribution in [-0.4, -0.2) is 24.8 Å². The first-order chi connectivity index (χ1) is 10.5. The van der Waals surface area contributed by atoms with Gasteiger partial charge in [-0.3, -0.25) is 0 Å². The van der Waals surface area contributed by atoms with Crippen molar-refractivity contribution in [2.24, 2.45) is 4.99 Å². The number of benzene rings is 2. The average Bonchev–Trinajstić information content (AvgIpc) is 2.51. The molecule has 0 fully saturated rings. The van der Waals surface area contributed by atoms with Crippen LogP contribution >= 0.6 is 11.6 Å². The van der Waals surface area contributed by atoms with Gasteiger partial charge in [-0.05, 0) is 61.6 Å². The van der Waals surface area contributed by atoms with E-state index in [0.29, 0.717) is 0 Å². The predicted molar refractivity (Wildman–Crippen MR) is 96.6 cm³/mol. The summed E-state index contributed by atoms with van der Waals surface area (Å²) in [7, 11) is 2.03. The SMILES string of the molecule is CCN(C)C=Nc1cc(C)c(Cc2ccccc2Cl)cc1C. The third-order valence-corrected chi connectivity index (χ3v) is 4.25. The smallest absolute Gasteiger partial charge is 0.0909 e. The first-order valence-corrected chi connectivity index (χ1v) is 7.97. The van der Waals surface area contributed by atoms with Crippen LogP contribution in [0.5, 0.6) is 0 Å². The molecule has 0 saturated carbocycles. The van der Waals surface area contributed by atoms with Gasteiger partial charge in [0.2, 0.25) is 0 Å². The monoisotopic (exact) mass is 314 g/mol. The summed E-state index contributed by atoms with van der Waals surface area (Å²) in [5.41, 5.74) is 5.92. The van der Waals surface area contributed by atoms with Crippen LogP contribution in [0.4, 0.5) is 5.69 Å². The zero-order valence-corrected chi connectivity index (χ0v) is 14.5. The first-order valence-electron chi connectivity index (χ1n) is 7.59. The minimum Gasteiger partial charge on any atom is -0.366 e. The number of aryl methyl sites for hydroxylation is 2. The van der Waals surface area contributed by atoms with E-state index in [4.69, 9.17) is 11.6 Å². The molecule has 3 heteroatoms. The maximum absolute atomic E-state index is 6.27. The molecule has 0 spiro atoms. The Morgan fingerprint density at radius 3 is 2.50 bits per heavy atom. The van der Waals surface area contributed by atoms with E-state index in [0.717, 1.165) is 29.2 Å². The molecular formula is C19H23ClN2. The summed E-state index contributed by atoms with van der Waals surface area (Å²) in [6, 6.07) is 12.4. The largest absolute Gasteiger partial charge is 0.366 e. The number of hydrogen-bond acceptors (Lipinski definition) is 1.